The fraction of sp³-hybridized carbons (Fsp3) is 0.250. The number of hydrogen-bond acceptors (Lipinski definition) is 4. The van der Waals surface area contributed by atoms with Gasteiger partial charge < -0.3 is 0 Å². The molecule has 0 unspecified atom stereocenters. The molecule has 0 aliphatic heterocycles. The van der Waals surface area contributed by atoms with Crippen molar-refractivity contribution in [2.24, 2.45) is 0 Å². The van der Waals surface area contributed by atoms with E-state index in [1.165, 1.54) is 30.1 Å². The first-order valence-corrected chi connectivity index (χ1v) is 9.53. The molecule has 0 fully saturated rings. The highest BCUT2D eigenvalue weighted by molar-refractivity contribution is 7.92. The predicted molar refractivity (Wildman–Crippen MR) is 91.0 cm³/mol. The minimum atomic E-state index is -4.00. The molecule has 7 nitrogen and oxygen atoms in total. The molecule has 0 spiro atoms. The van der Waals surface area contributed by atoms with Crippen molar-refractivity contribution in [3.63, 3.8) is 0 Å². The van der Waals surface area contributed by atoms with Crippen LogP contribution in [0, 0.1) is 30.2 Å². The average molecular weight is 417 g/mol. The summed E-state index contributed by atoms with van der Waals surface area (Å²) in [5.74, 6) is -6.30. The zero-order chi connectivity index (χ0) is 20.6. The Morgan fingerprint density at radius 1 is 1.07 bits per heavy atom. The summed E-state index contributed by atoms with van der Waals surface area (Å²) < 4.78 is 83.7. The molecule has 0 saturated heterocycles. The van der Waals surface area contributed by atoms with Gasteiger partial charge in [0.15, 0.2) is 29.1 Å². The van der Waals surface area contributed by atoms with Gasteiger partial charge in [-0.3, -0.25) is 14.1 Å². The molecule has 2 aromatic heterocycles. The molecule has 1 aromatic carbocycles. The largest absolute Gasteiger partial charge is 0.271 e. The molecule has 0 amide bonds. The van der Waals surface area contributed by atoms with Crippen molar-refractivity contribution in [3.05, 3.63) is 59.1 Å². The third kappa shape index (κ3) is 3.72. The molecular formula is C16H15F4N5O2S. The van der Waals surface area contributed by atoms with Crippen molar-refractivity contribution in [1.29, 1.82) is 0 Å². The van der Waals surface area contributed by atoms with Gasteiger partial charge in [-0.1, -0.05) is 0 Å². The third-order valence-electron chi connectivity index (χ3n) is 3.92. The number of hydrogen-bond donors (Lipinski definition) is 1. The lowest BCUT2D eigenvalue weighted by Gasteiger charge is -2.07. The van der Waals surface area contributed by atoms with E-state index in [1.54, 1.807) is 6.92 Å². The number of sulfonamides is 1. The number of nitrogens with one attached hydrogen (secondary N) is 1. The van der Waals surface area contributed by atoms with Crippen LogP contribution in [0.5, 0.6) is 0 Å². The van der Waals surface area contributed by atoms with Gasteiger partial charge >= 0.3 is 0 Å². The smallest absolute Gasteiger partial charge is 0.266 e. The number of aryl methyl sites for hydroxylation is 2. The van der Waals surface area contributed by atoms with Crippen LogP contribution in [0.15, 0.2) is 29.4 Å². The molecule has 0 atom stereocenters. The Morgan fingerprint density at radius 2 is 1.71 bits per heavy atom. The Hall–Kier alpha value is -2.89. The monoisotopic (exact) mass is 417 g/mol. The van der Waals surface area contributed by atoms with E-state index < -0.39 is 45.4 Å². The molecule has 0 radical (unpaired) electrons. The molecule has 2 heterocycles. The second-order valence-corrected chi connectivity index (χ2v) is 7.54. The summed E-state index contributed by atoms with van der Waals surface area (Å²) in [7, 11) is -4.00. The number of aromatic nitrogens is 4. The molecule has 0 saturated carbocycles. The van der Waals surface area contributed by atoms with Gasteiger partial charge in [-0.05, 0) is 13.8 Å². The van der Waals surface area contributed by atoms with E-state index in [4.69, 9.17) is 0 Å². The van der Waals surface area contributed by atoms with E-state index in [9.17, 15) is 26.0 Å². The maximum atomic E-state index is 13.8. The molecule has 1 N–H and O–H groups in total. The zero-order valence-corrected chi connectivity index (χ0v) is 15.6. The minimum absolute atomic E-state index is 0.0480. The first-order chi connectivity index (χ1) is 13.1. The molecule has 0 aliphatic carbocycles. The molecule has 3 rings (SSSR count). The molecule has 28 heavy (non-hydrogen) atoms. The van der Waals surface area contributed by atoms with Gasteiger partial charge in [0.25, 0.3) is 10.0 Å². The van der Waals surface area contributed by atoms with Gasteiger partial charge in [0.1, 0.15) is 4.90 Å². The number of halogens is 4. The Bertz CT molecular complexity index is 1110. The van der Waals surface area contributed by atoms with E-state index in [0.717, 1.165) is 4.68 Å². The molecule has 12 heteroatoms. The van der Waals surface area contributed by atoms with Gasteiger partial charge in [-0.15, -0.1) is 0 Å². The third-order valence-corrected chi connectivity index (χ3v) is 5.37. The maximum Gasteiger partial charge on any atom is 0.266 e. The number of benzene rings is 1. The lowest BCUT2D eigenvalue weighted by molar-refractivity contribution is 0.431. The summed E-state index contributed by atoms with van der Waals surface area (Å²) in [5, 5.41) is 7.89. The zero-order valence-electron chi connectivity index (χ0n) is 14.7. The summed E-state index contributed by atoms with van der Waals surface area (Å²) >= 11 is 0. The van der Waals surface area contributed by atoms with Gasteiger partial charge in [0, 0.05) is 31.1 Å². The van der Waals surface area contributed by atoms with Gasteiger partial charge in [-0.25, -0.2) is 26.0 Å². The van der Waals surface area contributed by atoms with E-state index in [1.807, 2.05) is 0 Å². The quantitative estimate of drug-likeness (QED) is 0.494. The van der Waals surface area contributed by atoms with Crippen molar-refractivity contribution >= 4 is 15.8 Å². The summed E-state index contributed by atoms with van der Waals surface area (Å²) in [6.45, 7) is 3.17. The molecule has 3 aromatic rings. The minimum Gasteiger partial charge on any atom is -0.271 e. The summed E-state index contributed by atoms with van der Waals surface area (Å²) in [6.07, 6.45) is 2.57. The summed E-state index contributed by atoms with van der Waals surface area (Å²) in [5.41, 5.74) is -0.580. The molecule has 150 valence electrons. The number of anilines is 1. The SMILES string of the molecule is CCn1cc(S(=O)(=O)Nc2ccn(Cc3c(F)c(F)cc(F)c3F)n2)c(C)n1. The first kappa shape index (κ1) is 19.9. The van der Waals surface area contributed by atoms with Crippen LogP contribution in [0.3, 0.4) is 0 Å². The Kier molecular flexibility index (Phi) is 5.15. The van der Waals surface area contributed by atoms with Gasteiger partial charge in [-0.2, -0.15) is 10.2 Å². The van der Waals surface area contributed by atoms with E-state index in [0.29, 0.717) is 6.54 Å². The van der Waals surface area contributed by atoms with Crippen LogP contribution in [0.1, 0.15) is 18.2 Å². The fourth-order valence-electron chi connectivity index (χ4n) is 2.55. The Morgan fingerprint density at radius 3 is 2.29 bits per heavy atom. The van der Waals surface area contributed by atoms with Gasteiger partial charge in [0.05, 0.1) is 17.8 Å². The summed E-state index contributed by atoms with van der Waals surface area (Å²) in [4.78, 5) is -0.0480. The normalized spacial score (nSPS) is 11.8. The maximum absolute atomic E-state index is 13.8. The lowest BCUT2D eigenvalue weighted by atomic mass is 10.2. The number of rotatable bonds is 6. The first-order valence-electron chi connectivity index (χ1n) is 8.04. The lowest BCUT2D eigenvalue weighted by Crippen LogP contribution is -2.14. The van der Waals surface area contributed by atoms with Crippen LogP contribution in [0.25, 0.3) is 0 Å². The van der Waals surface area contributed by atoms with Crippen molar-refractivity contribution in [2.45, 2.75) is 31.8 Å². The second kappa shape index (κ2) is 7.26. The van der Waals surface area contributed by atoms with Crippen LogP contribution >= 0.6 is 0 Å². The van der Waals surface area contributed by atoms with Crippen molar-refractivity contribution < 1.29 is 26.0 Å². The van der Waals surface area contributed by atoms with Crippen LogP contribution in [0.2, 0.25) is 0 Å². The highest BCUT2D eigenvalue weighted by Crippen LogP contribution is 2.21. The number of nitrogens with zero attached hydrogens (tertiary/aromatic N) is 4. The van der Waals surface area contributed by atoms with E-state index in [-0.39, 0.29) is 22.5 Å². The molecular weight excluding hydrogens is 402 g/mol. The Balaban J connectivity index is 1.84. The van der Waals surface area contributed by atoms with Crippen molar-refractivity contribution in [2.75, 3.05) is 4.72 Å². The highest BCUT2D eigenvalue weighted by atomic mass is 32.2. The second-order valence-electron chi connectivity index (χ2n) is 5.89. The highest BCUT2D eigenvalue weighted by Gasteiger charge is 2.22. The van der Waals surface area contributed by atoms with Crippen LogP contribution < -0.4 is 4.72 Å². The van der Waals surface area contributed by atoms with Crippen LogP contribution in [-0.4, -0.2) is 28.0 Å². The van der Waals surface area contributed by atoms with Gasteiger partial charge in [0.2, 0.25) is 0 Å². The van der Waals surface area contributed by atoms with Crippen LogP contribution in [-0.2, 0) is 23.1 Å². The molecule has 0 aliphatic rings. The predicted octanol–water partition coefficient (Wildman–Crippen LogP) is 2.81. The summed E-state index contributed by atoms with van der Waals surface area (Å²) in [6, 6.07) is 1.35. The van der Waals surface area contributed by atoms with Crippen molar-refractivity contribution in [3.8, 4) is 0 Å². The van der Waals surface area contributed by atoms with E-state index in [2.05, 4.69) is 14.9 Å². The van der Waals surface area contributed by atoms with Crippen molar-refractivity contribution in [1.82, 2.24) is 19.6 Å². The van der Waals surface area contributed by atoms with Crippen LogP contribution in [0.4, 0.5) is 23.4 Å². The Labute approximate surface area is 157 Å². The average Bonchev–Trinajstić information content (AvgIpc) is 3.23. The standard InChI is InChI=1S/C16H15F4N5O2S/c1-3-24-8-13(9(2)21-24)28(26,27)23-14-4-5-25(22-14)7-10-15(19)11(17)6-12(18)16(10)20/h4-6,8H,3,7H2,1-2H3,(H,22,23). The molecule has 0 bridgehead atoms. The fourth-order valence-corrected chi connectivity index (χ4v) is 3.73. The topological polar surface area (TPSA) is 81.8 Å². The van der Waals surface area contributed by atoms with E-state index >= 15 is 0 Å².